The van der Waals surface area contributed by atoms with Crippen molar-refractivity contribution in [3.63, 3.8) is 0 Å². The Kier molecular flexibility index (Phi) is 3.92. The Morgan fingerprint density at radius 1 is 1.00 bits per heavy atom. The van der Waals surface area contributed by atoms with E-state index in [1.165, 1.54) is 24.3 Å². The first-order valence-corrected chi connectivity index (χ1v) is 7.36. The first kappa shape index (κ1) is 14.9. The predicted octanol–water partition coefficient (Wildman–Crippen LogP) is 2.82. The molecule has 2 aromatic carbocycles. The van der Waals surface area contributed by atoms with Crippen LogP contribution in [0.1, 0.15) is 5.56 Å². The van der Waals surface area contributed by atoms with Crippen LogP contribution in [0.5, 0.6) is 0 Å². The Hall–Kier alpha value is -2.45. The molecular formula is C13H14N4O3S. The number of azo groups is 1. The number of nitrogen functional groups attached to an aromatic ring is 2. The van der Waals surface area contributed by atoms with E-state index in [1.807, 2.05) is 6.92 Å². The molecule has 0 fully saturated rings. The summed E-state index contributed by atoms with van der Waals surface area (Å²) >= 11 is 0. The molecule has 0 radical (unpaired) electrons. The third-order valence-corrected chi connectivity index (χ3v) is 3.69. The summed E-state index contributed by atoms with van der Waals surface area (Å²) in [6.45, 7) is 1.83. The highest BCUT2D eigenvalue weighted by Crippen LogP contribution is 2.29. The maximum atomic E-state index is 10.9. The van der Waals surface area contributed by atoms with E-state index in [0.717, 1.165) is 5.56 Å². The van der Waals surface area contributed by atoms with Gasteiger partial charge in [-0.3, -0.25) is 4.55 Å². The number of hydrogen-bond donors (Lipinski definition) is 3. The van der Waals surface area contributed by atoms with Gasteiger partial charge < -0.3 is 11.5 Å². The summed E-state index contributed by atoms with van der Waals surface area (Å²) in [5, 5.41) is 7.96. The fourth-order valence-corrected chi connectivity index (χ4v) is 2.09. The van der Waals surface area contributed by atoms with Crippen LogP contribution >= 0.6 is 0 Å². The molecule has 8 heteroatoms. The van der Waals surface area contributed by atoms with Gasteiger partial charge >= 0.3 is 0 Å². The summed E-state index contributed by atoms with van der Waals surface area (Å²) in [6, 6.07) is 8.63. The molecule has 0 saturated carbocycles. The van der Waals surface area contributed by atoms with E-state index in [4.69, 9.17) is 16.0 Å². The molecular weight excluding hydrogens is 292 g/mol. The lowest BCUT2D eigenvalue weighted by atomic mass is 10.1. The lowest BCUT2D eigenvalue weighted by Crippen LogP contribution is -1.96. The normalized spacial score (nSPS) is 11.9. The van der Waals surface area contributed by atoms with Crippen molar-refractivity contribution >= 4 is 32.9 Å². The van der Waals surface area contributed by atoms with Crippen LogP contribution in [0, 0.1) is 6.92 Å². The molecule has 0 unspecified atom stereocenters. The van der Waals surface area contributed by atoms with Crippen LogP contribution in [0.3, 0.4) is 0 Å². The van der Waals surface area contributed by atoms with Crippen LogP contribution in [-0.2, 0) is 10.1 Å². The monoisotopic (exact) mass is 306 g/mol. The standard InChI is InChI=1S/C13H14N4O3S/c1-8-6-13(12(15)7-11(8)14)17-16-9-2-4-10(5-3-9)21(18,19)20/h2-7H,14-15H2,1H3,(H,18,19,20). The molecule has 5 N–H and O–H groups in total. The molecule has 21 heavy (non-hydrogen) atoms. The average molecular weight is 306 g/mol. The molecule has 0 amide bonds. The van der Waals surface area contributed by atoms with Gasteiger partial charge in [0, 0.05) is 5.69 Å². The molecule has 0 atom stereocenters. The molecule has 0 heterocycles. The minimum absolute atomic E-state index is 0.204. The number of nitrogens with two attached hydrogens (primary N) is 2. The van der Waals surface area contributed by atoms with Gasteiger partial charge in [0.1, 0.15) is 5.69 Å². The van der Waals surface area contributed by atoms with E-state index in [9.17, 15) is 8.42 Å². The molecule has 0 spiro atoms. The Morgan fingerprint density at radius 2 is 1.62 bits per heavy atom. The quantitative estimate of drug-likeness (QED) is 0.456. The second-order valence-corrected chi connectivity index (χ2v) is 5.86. The summed E-state index contributed by atoms with van der Waals surface area (Å²) < 4.78 is 30.7. The van der Waals surface area contributed by atoms with Gasteiger partial charge in [-0.15, -0.1) is 5.11 Å². The number of rotatable bonds is 3. The van der Waals surface area contributed by atoms with E-state index in [0.29, 0.717) is 22.7 Å². The van der Waals surface area contributed by atoms with Crippen LogP contribution in [0.15, 0.2) is 51.5 Å². The average Bonchev–Trinajstić information content (AvgIpc) is 2.41. The van der Waals surface area contributed by atoms with Gasteiger partial charge in [-0.1, -0.05) is 0 Å². The van der Waals surface area contributed by atoms with Crippen molar-refractivity contribution in [2.75, 3.05) is 11.5 Å². The second kappa shape index (κ2) is 5.51. The van der Waals surface area contributed by atoms with Gasteiger partial charge in [0.25, 0.3) is 10.1 Å². The van der Waals surface area contributed by atoms with Gasteiger partial charge in [0.15, 0.2) is 0 Å². The van der Waals surface area contributed by atoms with Crippen molar-refractivity contribution in [1.29, 1.82) is 0 Å². The van der Waals surface area contributed by atoms with E-state index >= 15 is 0 Å². The highest BCUT2D eigenvalue weighted by atomic mass is 32.2. The van der Waals surface area contributed by atoms with E-state index in [1.54, 1.807) is 12.1 Å². The minimum Gasteiger partial charge on any atom is -0.398 e. The summed E-state index contributed by atoms with van der Waals surface area (Å²) in [6.07, 6.45) is 0. The van der Waals surface area contributed by atoms with Gasteiger partial charge in [0.05, 0.1) is 16.3 Å². The maximum absolute atomic E-state index is 10.9. The molecule has 110 valence electrons. The highest BCUT2D eigenvalue weighted by Gasteiger charge is 2.08. The van der Waals surface area contributed by atoms with Gasteiger partial charge in [-0.2, -0.15) is 13.5 Å². The van der Waals surface area contributed by atoms with Crippen molar-refractivity contribution in [3.05, 3.63) is 42.0 Å². The van der Waals surface area contributed by atoms with Crippen molar-refractivity contribution in [1.82, 2.24) is 0 Å². The molecule has 0 aliphatic rings. The summed E-state index contributed by atoms with van der Waals surface area (Å²) in [5.74, 6) is 0. The van der Waals surface area contributed by atoms with Gasteiger partial charge in [-0.25, -0.2) is 0 Å². The van der Waals surface area contributed by atoms with Crippen LogP contribution in [0.4, 0.5) is 22.7 Å². The molecule has 0 aliphatic heterocycles. The lowest BCUT2D eigenvalue weighted by Gasteiger charge is -2.04. The van der Waals surface area contributed by atoms with Crippen molar-refractivity contribution in [2.45, 2.75) is 11.8 Å². The fourth-order valence-electron chi connectivity index (χ4n) is 1.61. The van der Waals surface area contributed by atoms with E-state index in [-0.39, 0.29) is 4.90 Å². The lowest BCUT2D eigenvalue weighted by molar-refractivity contribution is 0.483. The summed E-state index contributed by atoms with van der Waals surface area (Å²) in [7, 11) is -4.21. The first-order valence-electron chi connectivity index (χ1n) is 5.92. The molecule has 0 aliphatic carbocycles. The molecule has 7 nitrogen and oxygen atoms in total. The number of nitrogens with zero attached hydrogens (tertiary/aromatic N) is 2. The van der Waals surface area contributed by atoms with E-state index < -0.39 is 10.1 Å². The summed E-state index contributed by atoms with van der Waals surface area (Å²) in [5.41, 5.74) is 14.2. The zero-order valence-electron chi connectivity index (χ0n) is 11.2. The van der Waals surface area contributed by atoms with Crippen LogP contribution in [-0.4, -0.2) is 13.0 Å². The van der Waals surface area contributed by atoms with Gasteiger partial charge in [0.2, 0.25) is 0 Å². The smallest absolute Gasteiger partial charge is 0.294 e. The van der Waals surface area contributed by atoms with Crippen molar-refractivity contribution < 1.29 is 13.0 Å². The largest absolute Gasteiger partial charge is 0.398 e. The SMILES string of the molecule is Cc1cc(N=Nc2ccc(S(=O)(=O)O)cc2)c(N)cc1N. The Balaban J connectivity index is 2.28. The topological polar surface area (TPSA) is 131 Å². The fraction of sp³-hybridized carbons (Fsp3) is 0.0769. The third-order valence-electron chi connectivity index (χ3n) is 2.82. The maximum Gasteiger partial charge on any atom is 0.294 e. The Morgan fingerprint density at radius 3 is 2.19 bits per heavy atom. The van der Waals surface area contributed by atoms with E-state index in [2.05, 4.69) is 10.2 Å². The zero-order valence-corrected chi connectivity index (χ0v) is 12.0. The number of benzene rings is 2. The molecule has 2 aromatic rings. The first-order chi connectivity index (χ1) is 9.77. The Bertz CT molecular complexity index is 799. The second-order valence-electron chi connectivity index (χ2n) is 4.44. The highest BCUT2D eigenvalue weighted by molar-refractivity contribution is 7.85. The van der Waals surface area contributed by atoms with Crippen molar-refractivity contribution in [3.8, 4) is 0 Å². The van der Waals surface area contributed by atoms with Crippen LogP contribution in [0.25, 0.3) is 0 Å². The molecule has 2 rings (SSSR count). The number of anilines is 2. The zero-order chi connectivity index (χ0) is 15.6. The predicted molar refractivity (Wildman–Crippen MR) is 80.4 cm³/mol. The van der Waals surface area contributed by atoms with Gasteiger partial charge in [-0.05, 0) is 48.9 Å². The van der Waals surface area contributed by atoms with Crippen molar-refractivity contribution in [2.24, 2.45) is 10.2 Å². The van der Waals surface area contributed by atoms with Crippen LogP contribution in [0.2, 0.25) is 0 Å². The molecule has 0 aromatic heterocycles. The number of hydrogen-bond acceptors (Lipinski definition) is 6. The molecule has 0 bridgehead atoms. The Labute approximate surface area is 122 Å². The minimum atomic E-state index is -4.21. The summed E-state index contributed by atoms with van der Waals surface area (Å²) in [4.78, 5) is -0.204. The molecule has 0 saturated heterocycles. The van der Waals surface area contributed by atoms with Crippen LogP contribution < -0.4 is 11.5 Å². The number of aryl methyl sites for hydroxylation is 1. The third kappa shape index (κ3) is 3.56.